The summed E-state index contributed by atoms with van der Waals surface area (Å²) in [5, 5.41) is 6.38. The van der Waals surface area contributed by atoms with Crippen molar-refractivity contribution in [2.45, 2.75) is 69.9 Å². The van der Waals surface area contributed by atoms with Gasteiger partial charge in [0.25, 0.3) is 0 Å². The molecule has 2 fully saturated rings. The summed E-state index contributed by atoms with van der Waals surface area (Å²) in [6, 6.07) is 0.458. The molecule has 2 atom stereocenters. The monoisotopic (exact) mass is 266 g/mol. The lowest BCUT2D eigenvalue weighted by Gasteiger charge is -2.15. The number of nitrogens with one attached hydrogen (secondary N) is 2. The summed E-state index contributed by atoms with van der Waals surface area (Å²) in [7, 11) is 0. The second-order valence-corrected chi connectivity index (χ2v) is 6.02. The third-order valence-electron chi connectivity index (χ3n) is 4.51. The molecule has 0 aromatic carbocycles. The van der Waals surface area contributed by atoms with Crippen LogP contribution in [0.3, 0.4) is 0 Å². The van der Waals surface area contributed by atoms with Crippen LogP contribution < -0.4 is 10.6 Å². The molecule has 1 amide bonds. The van der Waals surface area contributed by atoms with Crippen molar-refractivity contribution in [3.8, 4) is 0 Å². The highest BCUT2D eigenvalue weighted by atomic mass is 16.1. The van der Waals surface area contributed by atoms with Gasteiger partial charge in [-0.1, -0.05) is 12.8 Å². The number of aldehydes is 1. The van der Waals surface area contributed by atoms with Crippen molar-refractivity contribution in [3.63, 3.8) is 0 Å². The second kappa shape index (κ2) is 7.63. The molecule has 2 aliphatic rings. The summed E-state index contributed by atoms with van der Waals surface area (Å²) >= 11 is 0. The van der Waals surface area contributed by atoms with E-state index in [9.17, 15) is 9.59 Å². The summed E-state index contributed by atoms with van der Waals surface area (Å²) in [6.45, 7) is 0.901. The molecule has 2 N–H and O–H groups in total. The lowest BCUT2D eigenvalue weighted by atomic mass is 9.94. The van der Waals surface area contributed by atoms with Crippen molar-refractivity contribution in [1.29, 1.82) is 0 Å². The number of carbonyl (C=O) groups is 2. The van der Waals surface area contributed by atoms with Gasteiger partial charge in [-0.2, -0.15) is 0 Å². The van der Waals surface area contributed by atoms with Crippen LogP contribution in [0.4, 0.5) is 0 Å². The normalized spacial score (nSPS) is 28.8. The van der Waals surface area contributed by atoms with Gasteiger partial charge in [0.1, 0.15) is 6.29 Å². The molecule has 0 aromatic rings. The van der Waals surface area contributed by atoms with E-state index in [1.54, 1.807) is 0 Å². The molecule has 2 rings (SSSR count). The van der Waals surface area contributed by atoms with Gasteiger partial charge in [-0.05, 0) is 51.0 Å². The van der Waals surface area contributed by atoms with E-state index >= 15 is 0 Å². The van der Waals surface area contributed by atoms with Crippen LogP contribution in [0, 0.1) is 5.92 Å². The Morgan fingerprint density at radius 2 is 1.95 bits per heavy atom. The second-order valence-electron chi connectivity index (χ2n) is 6.02. The van der Waals surface area contributed by atoms with Gasteiger partial charge in [0, 0.05) is 12.5 Å². The first-order chi connectivity index (χ1) is 9.28. The molecule has 0 aromatic heterocycles. The van der Waals surface area contributed by atoms with Gasteiger partial charge in [-0.25, -0.2) is 0 Å². The average molecular weight is 266 g/mol. The van der Waals surface area contributed by atoms with Crippen molar-refractivity contribution in [2.75, 3.05) is 6.54 Å². The van der Waals surface area contributed by atoms with E-state index in [4.69, 9.17) is 0 Å². The summed E-state index contributed by atoms with van der Waals surface area (Å²) in [5.41, 5.74) is 0. The number of amides is 1. The smallest absolute Gasteiger partial charge is 0.220 e. The maximum Gasteiger partial charge on any atom is 0.220 e. The molecule has 108 valence electrons. The van der Waals surface area contributed by atoms with Gasteiger partial charge >= 0.3 is 0 Å². The zero-order valence-electron chi connectivity index (χ0n) is 11.7. The Kier molecular flexibility index (Phi) is 5.83. The highest BCUT2D eigenvalue weighted by Crippen LogP contribution is 2.22. The van der Waals surface area contributed by atoms with Crippen LogP contribution in [0.5, 0.6) is 0 Å². The average Bonchev–Trinajstić information content (AvgIpc) is 2.80. The maximum absolute atomic E-state index is 11.9. The third-order valence-corrected chi connectivity index (χ3v) is 4.51. The maximum atomic E-state index is 11.9. The summed E-state index contributed by atoms with van der Waals surface area (Å²) in [5.74, 6) is 0.808. The van der Waals surface area contributed by atoms with Crippen molar-refractivity contribution in [3.05, 3.63) is 0 Å². The van der Waals surface area contributed by atoms with E-state index in [-0.39, 0.29) is 11.9 Å². The zero-order chi connectivity index (χ0) is 13.5. The van der Waals surface area contributed by atoms with Crippen LogP contribution in [0.15, 0.2) is 0 Å². The SMILES string of the molecule is O=CC1CC[C@H](CCC(=O)NC2CCCC2)CCN1. The molecule has 1 heterocycles. The Morgan fingerprint density at radius 3 is 2.68 bits per heavy atom. The van der Waals surface area contributed by atoms with Gasteiger partial charge in [0.2, 0.25) is 5.91 Å². The fourth-order valence-corrected chi connectivity index (χ4v) is 3.24. The largest absolute Gasteiger partial charge is 0.353 e. The number of carbonyl (C=O) groups excluding carboxylic acids is 2. The molecule has 0 spiro atoms. The first-order valence-corrected chi connectivity index (χ1v) is 7.76. The molecular weight excluding hydrogens is 240 g/mol. The molecule has 1 aliphatic carbocycles. The number of hydrogen-bond donors (Lipinski definition) is 2. The van der Waals surface area contributed by atoms with Gasteiger partial charge in [0.15, 0.2) is 0 Å². The molecule has 4 heteroatoms. The van der Waals surface area contributed by atoms with Crippen LogP contribution in [0.25, 0.3) is 0 Å². The molecular formula is C15H26N2O2. The predicted octanol–water partition coefficient (Wildman–Crippen LogP) is 1.78. The Balaban J connectivity index is 1.63. The molecule has 1 unspecified atom stereocenters. The molecule has 1 saturated heterocycles. The lowest BCUT2D eigenvalue weighted by Crippen LogP contribution is -2.32. The van der Waals surface area contributed by atoms with Crippen molar-refractivity contribution in [2.24, 2.45) is 5.92 Å². The molecule has 0 radical (unpaired) electrons. The molecule has 4 nitrogen and oxygen atoms in total. The van der Waals surface area contributed by atoms with E-state index in [2.05, 4.69) is 10.6 Å². The van der Waals surface area contributed by atoms with E-state index in [0.717, 1.165) is 51.4 Å². The summed E-state index contributed by atoms with van der Waals surface area (Å²) in [4.78, 5) is 22.6. The van der Waals surface area contributed by atoms with Crippen molar-refractivity contribution < 1.29 is 9.59 Å². The number of hydrogen-bond acceptors (Lipinski definition) is 3. The molecule has 19 heavy (non-hydrogen) atoms. The molecule has 1 saturated carbocycles. The first kappa shape index (κ1) is 14.5. The molecule has 1 aliphatic heterocycles. The third kappa shape index (κ3) is 4.94. The van der Waals surface area contributed by atoms with E-state index in [1.165, 1.54) is 12.8 Å². The van der Waals surface area contributed by atoms with Gasteiger partial charge in [-0.15, -0.1) is 0 Å². The summed E-state index contributed by atoms with van der Waals surface area (Å²) < 4.78 is 0. The van der Waals surface area contributed by atoms with Crippen LogP contribution in [0.1, 0.15) is 57.8 Å². The first-order valence-electron chi connectivity index (χ1n) is 7.76. The van der Waals surface area contributed by atoms with Crippen molar-refractivity contribution in [1.82, 2.24) is 10.6 Å². The topological polar surface area (TPSA) is 58.2 Å². The van der Waals surface area contributed by atoms with Crippen LogP contribution in [-0.2, 0) is 9.59 Å². The standard InChI is InChI=1S/C15H26N2O2/c18-11-14-7-5-12(9-10-16-14)6-8-15(19)17-13-3-1-2-4-13/h11-14,16H,1-10H2,(H,17,19)/t12-,14?/m1/s1. The highest BCUT2D eigenvalue weighted by Gasteiger charge is 2.20. The summed E-state index contributed by atoms with van der Waals surface area (Å²) in [6.07, 6.45) is 10.5. The predicted molar refractivity (Wildman–Crippen MR) is 74.8 cm³/mol. The minimum absolute atomic E-state index is 0.0253. The van der Waals surface area contributed by atoms with Crippen LogP contribution >= 0.6 is 0 Å². The van der Waals surface area contributed by atoms with Gasteiger partial charge in [0.05, 0.1) is 6.04 Å². The lowest BCUT2D eigenvalue weighted by molar-refractivity contribution is -0.122. The van der Waals surface area contributed by atoms with Crippen LogP contribution in [-0.4, -0.2) is 30.8 Å². The Morgan fingerprint density at radius 1 is 1.16 bits per heavy atom. The minimum Gasteiger partial charge on any atom is -0.353 e. The van der Waals surface area contributed by atoms with Crippen LogP contribution in [0.2, 0.25) is 0 Å². The zero-order valence-corrected chi connectivity index (χ0v) is 11.7. The van der Waals surface area contributed by atoms with E-state index in [0.29, 0.717) is 18.4 Å². The van der Waals surface area contributed by atoms with E-state index in [1.807, 2.05) is 0 Å². The van der Waals surface area contributed by atoms with Crippen molar-refractivity contribution >= 4 is 12.2 Å². The van der Waals surface area contributed by atoms with E-state index < -0.39 is 0 Å². The number of rotatable bonds is 5. The Bertz CT molecular complexity index is 301. The Hall–Kier alpha value is -0.900. The quantitative estimate of drug-likeness (QED) is 0.746. The molecule has 0 bridgehead atoms. The Labute approximate surface area is 115 Å². The minimum atomic E-state index is 0.0253. The fourth-order valence-electron chi connectivity index (χ4n) is 3.24. The van der Waals surface area contributed by atoms with Gasteiger partial charge in [-0.3, -0.25) is 4.79 Å². The fraction of sp³-hybridized carbons (Fsp3) is 0.867. The van der Waals surface area contributed by atoms with Gasteiger partial charge < -0.3 is 15.4 Å². The highest BCUT2D eigenvalue weighted by molar-refractivity contribution is 5.76.